The van der Waals surface area contributed by atoms with Crippen LogP contribution < -0.4 is 10.6 Å². The molecule has 0 spiro atoms. The van der Waals surface area contributed by atoms with Gasteiger partial charge in [0.1, 0.15) is 25.4 Å². The normalized spacial score (nSPS) is 23.4. The first-order valence-corrected chi connectivity index (χ1v) is 13.1. The summed E-state index contributed by atoms with van der Waals surface area (Å²) in [5, 5.41) is 5.73. The minimum Gasteiger partial charge on any atom is -0.458 e. The molecule has 0 aromatic carbocycles. The number of alkyl carbamates (subject to hydrolysis) is 2. The van der Waals surface area contributed by atoms with Crippen molar-refractivity contribution in [2.24, 2.45) is 23.7 Å². The molecule has 0 saturated heterocycles. The lowest BCUT2D eigenvalue weighted by Crippen LogP contribution is -2.37. The SMILES string of the molecule is C=C(C)C(=O)OCC(CC)OC(=O)NCC1CC2CCC1C2CNC(=O)OC(CC)COC(=O)C(=C)C. The van der Waals surface area contributed by atoms with Crippen LogP contribution in [0.15, 0.2) is 24.3 Å². The predicted molar refractivity (Wildman–Crippen MR) is 136 cm³/mol. The molecule has 2 amide bonds. The summed E-state index contributed by atoms with van der Waals surface area (Å²) < 4.78 is 21.0. The van der Waals surface area contributed by atoms with Gasteiger partial charge in [0.05, 0.1) is 0 Å². The second-order valence-electron chi connectivity index (χ2n) is 10.1. The quantitative estimate of drug-likeness (QED) is 0.200. The Bertz CT molecular complexity index is 857. The van der Waals surface area contributed by atoms with Gasteiger partial charge in [-0.15, -0.1) is 0 Å². The molecule has 2 fully saturated rings. The summed E-state index contributed by atoms with van der Waals surface area (Å²) in [5.41, 5.74) is 0.588. The zero-order valence-electron chi connectivity index (χ0n) is 22.5. The molecule has 0 aromatic heterocycles. The van der Waals surface area contributed by atoms with Crippen LogP contribution in [0.2, 0.25) is 0 Å². The van der Waals surface area contributed by atoms with Gasteiger partial charge in [0, 0.05) is 24.2 Å². The molecule has 0 aromatic rings. The van der Waals surface area contributed by atoms with Crippen molar-refractivity contribution in [3.8, 4) is 0 Å². The van der Waals surface area contributed by atoms with E-state index in [4.69, 9.17) is 18.9 Å². The second-order valence-corrected chi connectivity index (χ2v) is 10.1. The van der Waals surface area contributed by atoms with E-state index < -0.39 is 36.3 Å². The molecular formula is C27H42N2O8. The Hall–Kier alpha value is -3.04. The van der Waals surface area contributed by atoms with Gasteiger partial charge in [-0.25, -0.2) is 19.2 Å². The Labute approximate surface area is 219 Å². The number of amides is 2. The number of nitrogens with one attached hydrogen (secondary N) is 2. The lowest BCUT2D eigenvalue weighted by atomic mass is 9.88. The lowest BCUT2D eigenvalue weighted by Gasteiger charge is -2.24. The van der Waals surface area contributed by atoms with Gasteiger partial charge in [-0.2, -0.15) is 0 Å². The number of hydrogen-bond donors (Lipinski definition) is 2. The third kappa shape index (κ3) is 9.40. The van der Waals surface area contributed by atoms with Gasteiger partial charge in [0.15, 0.2) is 0 Å². The van der Waals surface area contributed by atoms with Crippen LogP contribution >= 0.6 is 0 Å². The zero-order chi connectivity index (χ0) is 27.5. The molecule has 2 N–H and O–H groups in total. The smallest absolute Gasteiger partial charge is 0.407 e. The molecule has 0 aliphatic heterocycles. The Kier molecular flexibility index (Phi) is 11.9. The van der Waals surface area contributed by atoms with Crippen LogP contribution in [0.3, 0.4) is 0 Å². The van der Waals surface area contributed by atoms with Gasteiger partial charge in [-0.3, -0.25) is 0 Å². The molecule has 2 aliphatic rings. The van der Waals surface area contributed by atoms with E-state index in [1.165, 1.54) is 0 Å². The summed E-state index contributed by atoms with van der Waals surface area (Å²) >= 11 is 0. The molecule has 2 aliphatic carbocycles. The van der Waals surface area contributed by atoms with Gasteiger partial charge < -0.3 is 29.6 Å². The summed E-state index contributed by atoms with van der Waals surface area (Å²) in [4.78, 5) is 47.8. The maximum absolute atomic E-state index is 12.3. The molecule has 10 nitrogen and oxygen atoms in total. The summed E-state index contributed by atoms with van der Waals surface area (Å²) in [7, 11) is 0. The Morgan fingerprint density at radius 2 is 1.30 bits per heavy atom. The van der Waals surface area contributed by atoms with Crippen molar-refractivity contribution in [1.82, 2.24) is 10.6 Å². The molecule has 6 atom stereocenters. The maximum atomic E-state index is 12.3. The average molecular weight is 523 g/mol. The van der Waals surface area contributed by atoms with Crippen LogP contribution in [0.5, 0.6) is 0 Å². The molecule has 2 rings (SSSR count). The number of hydrogen-bond acceptors (Lipinski definition) is 8. The van der Waals surface area contributed by atoms with Crippen LogP contribution in [0.1, 0.15) is 59.8 Å². The Morgan fingerprint density at radius 1 is 0.811 bits per heavy atom. The van der Waals surface area contributed by atoms with E-state index in [2.05, 4.69) is 23.8 Å². The first-order valence-electron chi connectivity index (χ1n) is 13.1. The van der Waals surface area contributed by atoms with Gasteiger partial charge in [-0.1, -0.05) is 27.0 Å². The number of ether oxygens (including phenoxy) is 4. The van der Waals surface area contributed by atoms with Crippen molar-refractivity contribution >= 4 is 24.1 Å². The fraction of sp³-hybridized carbons (Fsp3) is 0.704. The lowest BCUT2D eigenvalue weighted by molar-refractivity contribution is -0.142. The van der Waals surface area contributed by atoms with Gasteiger partial charge in [0.2, 0.25) is 0 Å². The largest absolute Gasteiger partial charge is 0.458 e. The van der Waals surface area contributed by atoms with Crippen molar-refractivity contribution in [3.63, 3.8) is 0 Å². The fourth-order valence-corrected chi connectivity index (χ4v) is 5.03. The van der Waals surface area contributed by atoms with Crippen LogP contribution in [0, 0.1) is 23.7 Å². The minimum absolute atomic E-state index is 0.0106. The standard InChI is InChI=1S/C27H42N2O8/c1-7-20(14-34-24(30)16(3)4)36-26(32)28-12-19-11-18-9-10-22(19)23(18)13-29-27(33)37-21(8-2)15-35-25(31)17(5)6/h18-23H,3,5,7-15H2,1-2,4,6H3,(H,28,32)(H,29,33). The number of carbonyl (C=O) groups is 4. The van der Waals surface area contributed by atoms with Crippen molar-refractivity contribution in [2.45, 2.75) is 72.0 Å². The van der Waals surface area contributed by atoms with Crippen molar-refractivity contribution in [1.29, 1.82) is 0 Å². The van der Waals surface area contributed by atoms with E-state index in [9.17, 15) is 19.2 Å². The van der Waals surface area contributed by atoms with E-state index in [0.29, 0.717) is 60.7 Å². The first kappa shape index (κ1) is 30.2. The van der Waals surface area contributed by atoms with Crippen LogP contribution in [0.4, 0.5) is 9.59 Å². The second kappa shape index (κ2) is 14.6. The molecule has 208 valence electrons. The van der Waals surface area contributed by atoms with E-state index >= 15 is 0 Å². The number of carbonyl (C=O) groups excluding carboxylic acids is 4. The monoisotopic (exact) mass is 522 g/mol. The fourth-order valence-electron chi connectivity index (χ4n) is 5.03. The highest BCUT2D eigenvalue weighted by atomic mass is 16.6. The predicted octanol–water partition coefficient (Wildman–Crippen LogP) is 3.90. The topological polar surface area (TPSA) is 129 Å². The summed E-state index contributed by atoms with van der Waals surface area (Å²) in [5.74, 6) is 0.482. The molecule has 0 radical (unpaired) electrons. The van der Waals surface area contributed by atoms with Crippen LogP contribution in [-0.2, 0) is 28.5 Å². The molecule has 10 heteroatoms. The molecule has 2 saturated carbocycles. The third-order valence-electron chi connectivity index (χ3n) is 7.18. The molecule has 6 unspecified atom stereocenters. The highest BCUT2D eigenvalue weighted by molar-refractivity contribution is 5.87. The first-order chi connectivity index (χ1) is 17.5. The van der Waals surface area contributed by atoms with Crippen molar-refractivity contribution in [2.75, 3.05) is 26.3 Å². The van der Waals surface area contributed by atoms with Crippen LogP contribution in [-0.4, -0.2) is 62.6 Å². The summed E-state index contributed by atoms with van der Waals surface area (Å²) in [6.07, 6.45) is 2.07. The van der Waals surface area contributed by atoms with E-state index in [0.717, 1.165) is 19.3 Å². The van der Waals surface area contributed by atoms with E-state index in [1.807, 2.05) is 13.8 Å². The van der Waals surface area contributed by atoms with E-state index in [-0.39, 0.29) is 13.2 Å². The number of esters is 2. The minimum atomic E-state index is -0.530. The molecule has 0 heterocycles. The maximum Gasteiger partial charge on any atom is 0.407 e. The van der Waals surface area contributed by atoms with E-state index in [1.54, 1.807) is 13.8 Å². The third-order valence-corrected chi connectivity index (χ3v) is 7.18. The number of rotatable bonds is 14. The molecule has 2 bridgehead atoms. The zero-order valence-corrected chi connectivity index (χ0v) is 22.5. The average Bonchev–Trinajstić information content (AvgIpc) is 3.42. The summed E-state index contributed by atoms with van der Waals surface area (Å²) in [6, 6.07) is 0. The van der Waals surface area contributed by atoms with Gasteiger partial charge in [-0.05, 0) is 69.6 Å². The van der Waals surface area contributed by atoms with Gasteiger partial charge >= 0.3 is 24.1 Å². The number of fused-ring (bicyclic) bond motifs is 2. The molecule has 37 heavy (non-hydrogen) atoms. The Morgan fingerprint density at radius 3 is 1.76 bits per heavy atom. The van der Waals surface area contributed by atoms with Gasteiger partial charge in [0.25, 0.3) is 0 Å². The highest BCUT2D eigenvalue weighted by Gasteiger charge is 2.47. The highest BCUT2D eigenvalue weighted by Crippen LogP contribution is 2.52. The Balaban J connectivity index is 1.73. The summed E-state index contributed by atoms with van der Waals surface area (Å²) in [6.45, 7) is 14.9. The van der Waals surface area contributed by atoms with Crippen LogP contribution in [0.25, 0.3) is 0 Å². The van der Waals surface area contributed by atoms with Crippen molar-refractivity contribution < 1.29 is 38.1 Å². The van der Waals surface area contributed by atoms with Crippen molar-refractivity contribution in [3.05, 3.63) is 24.3 Å². The molecular weight excluding hydrogens is 480 g/mol.